The lowest BCUT2D eigenvalue weighted by Crippen LogP contribution is -2.44. The van der Waals surface area contributed by atoms with Crippen molar-refractivity contribution >= 4 is 17.5 Å². The second-order valence-electron chi connectivity index (χ2n) is 7.39. The third-order valence-electron chi connectivity index (χ3n) is 5.15. The van der Waals surface area contributed by atoms with E-state index in [1.54, 1.807) is 0 Å². The second-order valence-corrected chi connectivity index (χ2v) is 7.82. The van der Waals surface area contributed by atoms with Crippen molar-refractivity contribution < 1.29 is 14.3 Å². The maximum Gasteiger partial charge on any atom is 0.223 e. The van der Waals surface area contributed by atoms with Crippen molar-refractivity contribution in [3.8, 4) is 5.75 Å². The van der Waals surface area contributed by atoms with E-state index in [0.717, 1.165) is 30.0 Å². The molecule has 1 atom stereocenters. The molecule has 1 unspecified atom stereocenters. The molecule has 0 bridgehead atoms. The fraction of sp³-hybridized carbons (Fsp3) is 0.435. The number of morpholine rings is 1. The quantitative estimate of drug-likeness (QED) is 0.708. The normalized spacial score (nSPS) is 15.7. The first-order chi connectivity index (χ1) is 14.0. The summed E-state index contributed by atoms with van der Waals surface area (Å²) in [5.74, 6) is 0.817. The molecule has 2 aromatic carbocycles. The molecular formula is C23H29ClN2O3. The van der Waals surface area contributed by atoms with Gasteiger partial charge in [-0.25, -0.2) is 0 Å². The van der Waals surface area contributed by atoms with Gasteiger partial charge in [-0.1, -0.05) is 41.4 Å². The van der Waals surface area contributed by atoms with Crippen LogP contribution in [-0.2, 0) is 9.53 Å². The molecule has 0 aliphatic carbocycles. The van der Waals surface area contributed by atoms with Crippen molar-refractivity contribution in [3.05, 3.63) is 64.2 Å². The molecule has 6 heteroatoms. The lowest BCUT2D eigenvalue weighted by atomic mass is 10.0. The highest BCUT2D eigenvalue weighted by Gasteiger charge is 2.23. The van der Waals surface area contributed by atoms with Crippen LogP contribution in [0.4, 0.5) is 0 Å². The predicted octanol–water partition coefficient (Wildman–Crippen LogP) is 3.92. The highest BCUT2D eigenvalue weighted by molar-refractivity contribution is 6.30. The Bertz CT molecular complexity index is 804. The maximum absolute atomic E-state index is 12.4. The molecule has 1 aliphatic rings. The number of hydrogen-bond donors (Lipinski definition) is 1. The molecule has 0 spiro atoms. The van der Waals surface area contributed by atoms with Crippen LogP contribution in [0.1, 0.15) is 29.2 Å². The molecule has 156 valence electrons. The minimum absolute atomic E-state index is 0.0120. The molecule has 1 fully saturated rings. The van der Waals surface area contributed by atoms with Crippen LogP contribution >= 0.6 is 11.6 Å². The number of ether oxygens (including phenoxy) is 2. The summed E-state index contributed by atoms with van der Waals surface area (Å²) in [5, 5.41) is 3.78. The minimum atomic E-state index is -0.0120. The van der Waals surface area contributed by atoms with Gasteiger partial charge in [-0.05, 0) is 43.2 Å². The van der Waals surface area contributed by atoms with Crippen LogP contribution < -0.4 is 10.1 Å². The predicted molar refractivity (Wildman–Crippen MR) is 116 cm³/mol. The third-order valence-corrected chi connectivity index (χ3v) is 5.40. The molecule has 1 amide bonds. The Labute approximate surface area is 177 Å². The third kappa shape index (κ3) is 6.46. The SMILES string of the molecule is Cc1ccc(OCCC(=O)NCC(c2ccc(Cl)cc2)N2CCOCC2)c(C)c1. The summed E-state index contributed by atoms with van der Waals surface area (Å²) in [7, 11) is 0. The van der Waals surface area contributed by atoms with Crippen molar-refractivity contribution in [2.24, 2.45) is 0 Å². The van der Waals surface area contributed by atoms with Gasteiger partial charge in [-0.2, -0.15) is 0 Å². The molecule has 29 heavy (non-hydrogen) atoms. The van der Waals surface area contributed by atoms with E-state index in [0.29, 0.717) is 37.8 Å². The van der Waals surface area contributed by atoms with E-state index in [4.69, 9.17) is 21.1 Å². The van der Waals surface area contributed by atoms with Crippen molar-refractivity contribution in [1.82, 2.24) is 10.2 Å². The summed E-state index contributed by atoms with van der Waals surface area (Å²) < 4.78 is 11.3. The van der Waals surface area contributed by atoms with E-state index in [1.807, 2.05) is 43.3 Å². The minimum Gasteiger partial charge on any atom is -0.493 e. The van der Waals surface area contributed by atoms with Gasteiger partial charge in [0.25, 0.3) is 0 Å². The monoisotopic (exact) mass is 416 g/mol. The Morgan fingerprint density at radius 2 is 1.90 bits per heavy atom. The summed E-state index contributed by atoms with van der Waals surface area (Å²) in [6.07, 6.45) is 0.323. The standard InChI is InChI=1S/C23H29ClN2O3/c1-17-3-8-22(18(2)15-17)29-12-9-23(27)25-16-21(26-10-13-28-14-11-26)19-4-6-20(24)7-5-19/h3-8,15,21H,9-14,16H2,1-2H3,(H,25,27). The van der Waals surface area contributed by atoms with Gasteiger partial charge in [0, 0.05) is 24.7 Å². The molecule has 1 heterocycles. The topological polar surface area (TPSA) is 50.8 Å². The molecular weight excluding hydrogens is 388 g/mol. The number of benzene rings is 2. The van der Waals surface area contributed by atoms with Crippen LogP contribution in [-0.4, -0.2) is 50.3 Å². The van der Waals surface area contributed by atoms with Gasteiger partial charge >= 0.3 is 0 Å². The molecule has 0 radical (unpaired) electrons. The Morgan fingerprint density at radius 3 is 2.59 bits per heavy atom. The average molecular weight is 417 g/mol. The van der Waals surface area contributed by atoms with Crippen molar-refractivity contribution in [3.63, 3.8) is 0 Å². The zero-order chi connectivity index (χ0) is 20.6. The zero-order valence-electron chi connectivity index (χ0n) is 17.1. The van der Waals surface area contributed by atoms with E-state index < -0.39 is 0 Å². The van der Waals surface area contributed by atoms with Gasteiger partial charge in [0.1, 0.15) is 5.75 Å². The van der Waals surface area contributed by atoms with E-state index in [2.05, 4.69) is 23.2 Å². The first-order valence-corrected chi connectivity index (χ1v) is 10.4. The summed E-state index contributed by atoms with van der Waals surface area (Å²) in [5.41, 5.74) is 3.42. The number of carbonyl (C=O) groups excluding carboxylic acids is 1. The average Bonchev–Trinajstić information content (AvgIpc) is 2.72. The Morgan fingerprint density at radius 1 is 1.17 bits per heavy atom. The summed E-state index contributed by atoms with van der Waals surface area (Å²) >= 11 is 6.04. The highest BCUT2D eigenvalue weighted by atomic mass is 35.5. The number of amides is 1. The van der Waals surface area contributed by atoms with E-state index in [-0.39, 0.29) is 11.9 Å². The Hall–Kier alpha value is -2.08. The van der Waals surface area contributed by atoms with Gasteiger partial charge in [-0.3, -0.25) is 9.69 Å². The highest BCUT2D eigenvalue weighted by Crippen LogP contribution is 2.23. The molecule has 2 aromatic rings. The second kappa shape index (κ2) is 10.6. The van der Waals surface area contributed by atoms with Gasteiger partial charge in [0.2, 0.25) is 5.91 Å². The van der Waals surface area contributed by atoms with Crippen LogP contribution in [0.15, 0.2) is 42.5 Å². The van der Waals surface area contributed by atoms with Gasteiger partial charge < -0.3 is 14.8 Å². The van der Waals surface area contributed by atoms with Crippen LogP contribution in [0.2, 0.25) is 5.02 Å². The number of carbonyl (C=O) groups is 1. The molecule has 1 N–H and O–H groups in total. The van der Waals surface area contributed by atoms with Gasteiger partial charge in [0.15, 0.2) is 0 Å². The van der Waals surface area contributed by atoms with Crippen molar-refractivity contribution in [2.45, 2.75) is 26.3 Å². The molecule has 5 nitrogen and oxygen atoms in total. The Kier molecular flexibility index (Phi) is 7.92. The molecule has 3 rings (SSSR count). The molecule has 1 saturated heterocycles. The summed E-state index contributed by atoms with van der Waals surface area (Å²) in [6, 6.07) is 14.0. The summed E-state index contributed by atoms with van der Waals surface area (Å²) in [4.78, 5) is 14.7. The van der Waals surface area contributed by atoms with Gasteiger partial charge in [0.05, 0.1) is 32.3 Å². The first kappa shape index (κ1) is 21.6. The number of rotatable bonds is 8. The van der Waals surface area contributed by atoms with Crippen LogP contribution in [0.25, 0.3) is 0 Å². The number of nitrogens with zero attached hydrogens (tertiary/aromatic N) is 1. The first-order valence-electron chi connectivity index (χ1n) is 10.1. The number of aryl methyl sites for hydroxylation is 2. The maximum atomic E-state index is 12.4. The van der Waals surface area contributed by atoms with Gasteiger partial charge in [-0.15, -0.1) is 0 Å². The lowest BCUT2D eigenvalue weighted by Gasteiger charge is -2.35. The largest absolute Gasteiger partial charge is 0.493 e. The zero-order valence-corrected chi connectivity index (χ0v) is 17.9. The molecule has 0 aromatic heterocycles. The van der Waals surface area contributed by atoms with Crippen molar-refractivity contribution in [2.75, 3.05) is 39.5 Å². The fourth-order valence-corrected chi connectivity index (χ4v) is 3.67. The number of hydrogen-bond acceptors (Lipinski definition) is 4. The smallest absolute Gasteiger partial charge is 0.223 e. The van der Waals surface area contributed by atoms with E-state index in [1.165, 1.54) is 5.56 Å². The van der Waals surface area contributed by atoms with E-state index >= 15 is 0 Å². The fourth-order valence-electron chi connectivity index (χ4n) is 3.55. The van der Waals surface area contributed by atoms with Crippen LogP contribution in [0.3, 0.4) is 0 Å². The number of halogens is 1. The molecule has 1 aliphatic heterocycles. The van der Waals surface area contributed by atoms with Crippen LogP contribution in [0.5, 0.6) is 5.75 Å². The summed E-state index contributed by atoms with van der Waals surface area (Å²) in [6.45, 7) is 8.08. The number of nitrogens with one attached hydrogen (secondary N) is 1. The van der Waals surface area contributed by atoms with E-state index in [9.17, 15) is 4.79 Å². The lowest BCUT2D eigenvalue weighted by molar-refractivity contribution is -0.121. The van der Waals surface area contributed by atoms with Crippen molar-refractivity contribution in [1.29, 1.82) is 0 Å². The Balaban J connectivity index is 1.52. The van der Waals surface area contributed by atoms with Crippen LogP contribution in [0, 0.1) is 13.8 Å². The molecule has 0 saturated carbocycles.